The Morgan fingerprint density at radius 2 is 2.00 bits per heavy atom. The number of H-pyrrole nitrogens is 1. The zero-order valence-electron chi connectivity index (χ0n) is 12.6. The summed E-state index contributed by atoms with van der Waals surface area (Å²) in [6, 6.07) is 9.92. The van der Waals surface area contributed by atoms with Gasteiger partial charge in [0.25, 0.3) is 0 Å². The summed E-state index contributed by atoms with van der Waals surface area (Å²) in [5.74, 6) is 0.785. The third kappa shape index (κ3) is 2.59. The molecule has 0 fully saturated rings. The second kappa shape index (κ2) is 5.31. The van der Waals surface area contributed by atoms with E-state index in [1.165, 1.54) is 0 Å². The van der Waals surface area contributed by atoms with Gasteiger partial charge in [-0.25, -0.2) is 10.4 Å². The first kappa shape index (κ1) is 13.6. The van der Waals surface area contributed by atoms with E-state index in [0.29, 0.717) is 12.8 Å². The van der Waals surface area contributed by atoms with Gasteiger partial charge < -0.3 is 4.98 Å². The van der Waals surface area contributed by atoms with Gasteiger partial charge in [-0.05, 0) is 36.8 Å². The number of carbonyl (C=O) groups is 1. The minimum atomic E-state index is -0.0355. The van der Waals surface area contributed by atoms with Gasteiger partial charge >= 0.3 is 0 Å². The molecule has 0 saturated carbocycles. The zero-order valence-corrected chi connectivity index (χ0v) is 12.6. The maximum Gasteiger partial charge on any atom is 0.240 e. The number of nitrogens with zero attached hydrogens (tertiary/aromatic N) is 3. The SMILES string of the molecule is Cc1cc(-c2nc3ccc(C4=NNC(=O)CC4)cc3[nH]2)ccn1. The summed E-state index contributed by atoms with van der Waals surface area (Å²) in [4.78, 5) is 23.4. The van der Waals surface area contributed by atoms with Crippen LogP contribution in [0.25, 0.3) is 22.4 Å². The van der Waals surface area contributed by atoms with E-state index in [-0.39, 0.29) is 5.91 Å². The molecule has 23 heavy (non-hydrogen) atoms. The third-order valence-corrected chi connectivity index (χ3v) is 3.89. The van der Waals surface area contributed by atoms with Crippen molar-refractivity contribution in [1.29, 1.82) is 0 Å². The topological polar surface area (TPSA) is 83.0 Å². The molecule has 0 unspecified atom stereocenters. The number of pyridine rings is 1. The molecule has 0 aliphatic carbocycles. The summed E-state index contributed by atoms with van der Waals surface area (Å²) >= 11 is 0. The Labute approximate surface area is 132 Å². The third-order valence-electron chi connectivity index (χ3n) is 3.89. The Balaban J connectivity index is 1.74. The van der Waals surface area contributed by atoms with Gasteiger partial charge in [-0.3, -0.25) is 9.78 Å². The molecule has 4 rings (SSSR count). The van der Waals surface area contributed by atoms with Gasteiger partial charge in [-0.1, -0.05) is 6.07 Å². The second-order valence-electron chi connectivity index (χ2n) is 5.60. The van der Waals surface area contributed by atoms with Crippen LogP contribution in [-0.2, 0) is 4.79 Å². The summed E-state index contributed by atoms with van der Waals surface area (Å²) in [6.07, 6.45) is 2.91. The molecule has 1 aliphatic heterocycles. The number of hydrazone groups is 1. The molecule has 0 spiro atoms. The number of aromatic nitrogens is 3. The molecule has 1 amide bonds. The number of hydrogen-bond acceptors (Lipinski definition) is 4. The fourth-order valence-corrected chi connectivity index (χ4v) is 2.70. The maximum atomic E-state index is 11.2. The lowest BCUT2D eigenvalue weighted by Crippen LogP contribution is -2.25. The molecule has 2 N–H and O–H groups in total. The van der Waals surface area contributed by atoms with Crippen LogP contribution in [0.2, 0.25) is 0 Å². The lowest BCUT2D eigenvalue weighted by atomic mass is 10.0. The predicted octanol–water partition coefficient (Wildman–Crippen LogP) is 2.55. The molecular formula is C17H15N5O. The van der Waals surface area contributed by atoms with E-state index >= 15 is 0 Å². The minimum absolute atomic E-state index is 0.0355. The van der Waals surface area contributed by atoms with E-state index in [2.05, 4.69) is 25.5 Å². The van der Waals surface area contributed by atoms with E-state index in [1.54, 1.807) is 6.20 Å². The Kier molecular flexibility index (Phi) is 3.15. The number of aromatic amines is 1. The molecule has 1 aliphatic rings. The standard InChI is InChI=1S/C17H15N5O/c1-10-8-12(6-7-18-10)17-19-14-3-2-11(9-15(14)20-17)13-4-5-16(23)22-21-13/h2-3,6-9H,4-5H2,1H3,(H,19,20)(H,22,23). The van der Waals surface area contributed by atoms with Crippen molar-refractivity contribution in [3.63, 3.8) is 0 Å². The fraction of sp³-hybridized carbons (Fsp3) is 0.176. The van der Waals surface area contributed by atoms with Gasteiger partial charge in [0.2, 0.25) is 5.91 Å². The molecular weight excluding hydrogens is 290 g/mol. The van der Waals surface area contributed by atoms with E-state index in [4.69, 9.17) is 0 Å². The van der Waals surface area contributed by atoms with Gasteiger partial charge in [-0.15, -0.1) is 0 Å². The highest BCUT2D eigenvalue weighted by Gasteiger charge is 2.14. The van der Waals surface area contributed by atoms with Crippen molar-refractivity contribution in [3.05, 3.63) is 47.8 Å². The molecule has 0 saturated heterocycles. The fourth-order valence-electron chi connectivity index (χ4n) is 2.70. The Bertz CT molecular complexity index is 941. The number of carbonyl (C=O) groups excluding carboxylic acids is 1. The first-order valence-electron chi connectivity index (χ1n) is 7.47. The summed E-state index contributed by atoms with van der Waals surface area (Å²) in [5, 5.41) is 4.14. The summed E-state index contributed by atoms with van der Waals surface area (Å²) in [7, 11) is 0. The quantitative estimate of drug-likeness (QED) is 0.763. The molecule has 0 atom stereocenters. The van der Waals surface area contributed by atoms with Crippen LogP contribution in [0.3, 0.4) is 0 Å². The van der Waals surface area contributed by atoms with Gasteiger partial charge in [0, 0.05) is 30.3 Å². The number of aryl methyl sites for hydroxylation is 1. The molecule has 6 heteroatoms. The van der Waals surface area contributed by atoms with Crippen LogP contribution in [0.15, 0.2) is 41.6 Å². The van der Waals surface area contributed by atoms with Crippen molar-refractivity contribution >= 4 is 22.7 Å². The monoisotopic (exact) mass is 305 g/mol. The lowest BCUT2D eigenvalue weighted by Gasteiger charge is -2.11. The van der Waals surface area contributed by atoms with Crippen LogP contribution in [-0.4, -0.2) is 26.6 Å². The number of rotatable bonds is 2. The van der Waals surface area contributed by atoms with Gasteiger partial charge in [0.1, 0.15) is 5.82 Å². The Morgan fingerprint density at radius 3 is 2.78 bits per heavy atom. The van der Waals surface area contributed by atoms with Crippen molar-refractivity contribution in [2.45, 2.75) is 19.8 Å². The lowest BCUT2D eigenvalue weighted by molar-refractivity contribution is -0.121. The zero-order chi connectivity index (χ0) is 15.8. The maximum absolute atomic E-state index is 11.2. The largest absolute Gasteiger partial charge is 0.338 e. The highest BCUT2D eigenvalue weighted by molar-refractivity contribution is 6.05. The molecule has 114 valence electrons. The predicted molar refractivity (Wildman–Crippen MR) is 88.0 cm³/mol. The number of fused-ring (bicyclic) bond motifs is 1. The molecule has 0 bridgehead atoms. The molecule has 3 aromatic rings. The molecule has 1 aromatic carbocycles. The van der Waals surface area contributed by atoms with Crippen molar-refractivity contribution in [3.8, 4) is 11.4 Å². The molecule has 2 aromatic heterocycles. The number of nitrogens with one attached hydrogen (secondary N) is 2. The van der Waals surface area contributed by atoms with E-state index in [0.717, 1.165) is 39.4 Å². The first-order valence-corrected chi connectivity index (χ1v) is 7.47. The van der Waals surface area contributed by atoms with E-state index in [9.17, 15) is 4.79 Å². The van der Waals surface area contributed by atoms with Crippen LogP contribution in [0, 0.1) is 6.92 Å². The summed E-state index contributed by atoms with van der Waals surface area (Å²) < 4.78 is 0. The van der Waals surface area contributed by atoms with Gasteiger partial charge in [0.15, 0.2) is 0 Å². The Morgan fingerprint density at radius 1 is 1.09 bits per heavy atom. The van der Waals surface area contributed by atoms with Gasteiger partial charge in [-0.2, -0.15) is 5.10 Å². The summed E-state index contributed by atoms with van der Waals surface area (Å²) in [5.41, 5.74) is 8.24. The molecule has 3 heterocycles. The first-order chi connectivity index (χ1) is 11.2. The summed E-state index contributed by atoms with van der Waals surface area (Å²) in [6.45, 7) is 1.96. The Hall–Kier alpha value is -3.02. The van der Waals surface area contributed by atoms with Crippen molar-refractivity contribution in [2.75, 3.05) is 0 Å². The number of imidazole rings is 1. The van der Waals surface area contributed by atoms with Crippen molar-refractivity contribution in [1.82, 2.24) is 20.4 Å². The average molecular weight is 305 g/mol. The van der Waals surface area contributed by atoms with Crippen LogP contribution in [0.4, 0.5) is 0 Å². The van der Waals surface area contributed by atoms with Crippen LogP contribution < -0.4 is 5.43 Å². The smallest absolute Gasteiger partial charge is 0.240 e. The highest BCUT2D eigenvalue weighted by Crippen LogP contribution is 2.22. The number of hydrogen-bond donors (Lipinski definition) is 2. The van der Waals surface area contributed by atoms with Crippen LogP contribution in [0.5, 0.6) is 0 Å². The van der Waals surface area contributed by atoms with E-state index in [1.807, 2.05) is 37.3 Å². The highest BCUT2D eigenvalue weighted by atomic mass is 16.2. The average Bonchev–Trinajstić information content (AvgIpc) is 2.99. The van der Waals surface area contributed by atoms with Crippen molar-refractivity contribution in [2.24, 2.45) is 5.10 Å². The molecule has 0 radical (unpaired) electrons. The molecule has 6 nitrogen and oxygen atoms in total. The van der Waals surface area contributed by atoms with Gasteiger partial charge in [0.05, 0.1) is 16.7 Å². The number of amides is 1. The normalized spacial score (nSPS) is 14.7. The van der Waals surface area contributed by atoms with Crippen LogP contribution in [0.1, 0.15) is 24.1 Å². The minimum Gasteiger partial charge on any atom is -0.338 e. The van der Waals surface area contributed by atoms with Crippen molar-refractivity contribution < 1.29 is 4.79 Å². The van der Waals surface area contributed by atoms with E-state index < -0.39 is 0 Å². The second-order valence-corrected chi connectivity index (χ2v) is 5.60. The number of benzene rings is 1. The van der Waals surface area contributed by atoms with Crippen LogP contribution >= 0.6 is 0 Å².